The maximum Gasteiger partial charge on any atom is 0.364 e. The monoisotopic (exact) mass is 287 g/mol. The average molecular weight is 288 g/mol. The third-order valence-electron chi connectivity index (χ3n) is 2.12. The van der Waals surface area contributed by atoms with Gasteiger partial charge in [-0.3, -0.25) is 0 Å². The maximum absolute atomic E-state index is 11.6. The molecule has 8 heteroatoms. The molecule has 2 aromatic rings. The van der Waals surface area contributed by atoms with E-state index in [1.54, 1.807) is 18.2 Å². The largest absolute Gasteiger partial charge is 0.456 e. The van der Waals surface area contributed by atoms with Crippen LogP contribution in [0.3, 0.4) is 0 Å². The Labute approximate surface area is 112 Å². The molecule has 18 heavy (non-hydrogen) atoms. The molecular weight excluding hydrogens is 281 g/mol. The second-order valence-corrected chi connectivity index (χ2v) is 4.09. The Morgan fingerprint density at radius 3 is 2.56 bits per heavy atom. The highest BCUT2D eigenvalue weighted by Gasteiger charge is 2.18. The summed E-state index contributed by atoms with van der Waals surface area (Å²) < 4.78 is 9.25. The van der Waals surface area contributed by atoms with Crippen molar-refractivity contribution in [1.82, 2.24) is 10.3 Å². The van der Waals surface area contributed by atoms with Crippen LogP contribution in [0.2, 0.25) is 10.0 Å². The van der Waals surface area contributed by atoms with Crippen LogP contribution in [0.4, 0.5) is 5.82 Å². The first kappa shape index (κ1) is 12.7. The molecule has 0 fully saturated rings. The Bertz CT molecular complexity index is 565. The number of carbonyl (C=O) groups excluding carboxylic acids is 1. The molecule has 0 saturated carbocycles. The first-order valence-electron chi connectivity index (χ1n) is 4.77. The molecular formula is C10H7Cl2N3O3. The van der Waals surface area contributed by atoms with Gasteiger partial charge in [-0.05, 0) is 22.4 Å². The van der Waals surface area contributed by atoms with Crippen LogP contribution in [-0.4, -0.2) is 16.3 Å². The predicted octanol–water partition coefficient (Wildman–Crippen LogP) is 2.32. The number of anilines is 1. The summed E-state index contributed by atoms with van der Waals surface area (Å²) in [4.78, 5) is 11.6. The molecule has 1 heterocycles. The lowest BCUT2D eigenvalue weighted by molar-refractivity contribution is 0.0461. The molecule has 0 spiro atoms. The van der Waals surface area contributed by atoms with Crippen molar-refractivity contribution in [2.24, 2.45) is 0 Å². The Morgan fingerprint density at radius 1 is 1.33 bits per heavy atom. The van der Waals surface area contributed by atoms with Gasteiger partial charge in [0.2, 0.25) is 11.5 Å². The lowest BCUT2D eigenvalue weighted by Crippen LogP contribution is -2.08. The highest BCUT2D eigenvalue weighted by Crippen LogP contribution is 2.25. The van der Waals surface area contributed by atoms with Crippen LogP contribution in [0.25, 0.3) is 0 Å². The predicted molar refractivity (Wildman–Crippen MR) is 64.3 cm³/mol. The Hall–Kier alpha value is -1.79. The summed E-state index contributed by atoms with van der Waals surface area (Å²) in [6.07, 6.45) is 0. The third kappa shape index (κ3) is 2.55. The van der Waals surface area contributed by atoms with Crippen molar-refractivity contribution < 1.29 is 14.2 Å². The van der Waals surface area contributed by atoms with Gasteiger partial charge in [0.15, 0.2) is 0 Å². The van der Waals surface area contributed by atoms with Crippen molar-refractivity contribution in [3.8, 4) is 0 Å². The molecule has 6 nitrogen and oxygen atoms in total. The van der Waals surface area contributed by atoms with E-state index in [1.807, 2.05) is 0 Å². The van der Waals surface area contributed by atoms with Crippen LogP contribution < -0.4 is 5.73 Å². The fourth-order valence-corrected chi connectivity index (χ4v) is 1.72. The molecule has 0 atom stereocenters. The van der Waals surface area contributed by atoms with Gasteiger partial charge in [-0.1, -0.05) is 29.3 Å². The van der Waals surface area contributed by atoms with Crippen LogP contribution >= 0.6 is 23.2 Å². The van der Waals surface area contributed by atoms with Gasteiger partial charge in [-0.2, -0.15) is 0 Å². The van der Waals surface area contributed by atoms with E-state index in [4.69, 9.17) is 33.7 Å². The summed E-state index contributed by atoms with van der Waals surface area (Å²) in [5.74, 6) is -0.894. The van der Waals surface area contributed by atoms with Crippen LogP contribution in [-0.2, 0) is 11.3 Å². The molecule has 1 aromatic heterocycles. The maximum atomic E-state index is 11.6. The molecule has 0 aliphatic rings. The zero-order valence-electron chi connectivity index (χ0n) is 8.89. The van der Waals surface area contributed by atoms with E-state index < -0.39 is 5.97 Å². The van der Waals surface area contributed by atoms with E-state index in [-0.39, 0.29) is 18.1 Å². The Morgan fingerprint density at radius 2 is 2.00 bits per heavy atom. The summed E-state index contributed by atoms with van der Waals surface area (Å²) in [7, 11) is 0. The minimum Gasteiger partial charge on any atom is -0.456 e. The number of nitrogens with two attached hydrogens (primary N) is 1. The number of hydrogen-bond acceptors (Lipinski definition) is 6. The van der Waals surface area contributed by atoms with Crippen molar-refractivity contribution in [3.63, 3.8) is 0 Å². The molecule has 2 rings (SSSR count). The second-order valence-electron chi connectivity index (χ2n) is 3.27. The zero-order valence-corrected chi connectivity index (χ0v) is 10.4. The minimum absolute atomic E-state index is 0.0936. The topological polar surface area (TPSA) is 91.2 Å². The van der Waals surface area contributed by atoms with Gasteiger partial charge in [0.1, 0.15) is 6.61 Å². The third-order valence-corrected chi connectivity index (χ3v) is 2.82. The van der Waals surface area contributed by atoms with Gasteiger partial charge >= 0.3 is 5.97 Å². The fourth-order valence-electron chi connectivity index (χ4n) is 1.21. The number of esters is 1. The van der Waals surface area contributed by atoms with Crippen LogP contribution in [0.15, 0.2) is 22.8 Å². The molecule has 0 aliphatic carbocycles. The molecule has 0 saturated heterocycles. The van der Waals surface area contributed by atoms with E-state index >= 15 is 0 Å². The highest BCUT2D eigenvalue weighted by atomic mass is 35.5. The fraction of sp³-hybridized carbons (Fsp3) is 0.100. The normalized spacial score (nSPS) is 10.3. The standard InChI is InChI=1S/C10H7Cl2N3O3/c11-6-2-1-3-7(12)5(6)4-17-10(16)8-9(13)15-18-14-8/h1-3H,4H2,(H2,13,15). The highest BCUT2D eigenvalue weighted by molar-refractivity contribution is 6.35. The molecule has 94 valence electrons. The van der Waals surface area contributed by atoms with Crippen LogP contribution in [0, 0.1) is 0 Å². The second kappa shape index (κ2) is 5.24. The molecule has 0 radical (unpaired) electrons. The number of halogens is 2. The lowest BCUT2D eigenvalue weighted by atomic mass is 10.2. The number of rotatable bonds is 3. The van der Waals surface area contributed by atoms with E-state index in [9.17, 15) is 4.79 Å². The number of hydrogen-bond donors (Lipinski definition) is 1. The quantitative estimate of drug-likeness (QED) is 0.871. The summed E-state index contributed by atoms with van der Waals surface area (Å²) in [6.45, 7) is -0.0936. The number of aromatic nitrogens is 2. The van der Waals surface area contributed by atoms with Crippen LogP contribution in [0.5, 0.6) is 0 Å². The number of nitrogens with zero attached hydrogens (tertiary/aromatic N) is 2. The minimum atomic E-state index is -0.760. The number of nitrogen functional groups attached to an aromatic ring is 1. The number of carbonyl (C=O) groups is 1. The summed E-state index contributed by atoms with van der Waals surface area (Å²) >= 11 is 11.8. The molecule has 0 bridgehead atoms. The molecule has 1 aromatic carbocycles. The number of ether oxygens (including phenoxy) is 1. The molecule has 2 N–H and O–H groups in total. The summed E-state index contributed by atoms with van der Waals surface area (Å²) in [6, 6.07) is 4.97. The van der Waals surface area contributed by atoms with Crippen molar-refractivity contribution in [2.45, 2.75) is 6.61 Å². The van der Waals surface area contributed by atoms with Gasteiger partial charge < -0.3 is 10.5 Å². The van der Waals surface area contributed by atoms with Gasteiger partial charge in [-0.15, -0.1) is 0 Å². The average Bonchev–Trinajstić information content (AvgIpc) is 2.74. The molecule has 0 amide bonds. The molecule has 0 unspecified atom stereocenters. The first-order chi connectivity index (χ1) is 8.59. The summed E-state index contributed by atoms with van der Waals surface area (Å²) in [5, 5.41) is 7.40. The first-order valence-corrected chi connectivity index (χ1v) is 5.53. The Kier molecular flexibility index (Phi) is 3.69. The van der Waals surface area contributed by atoms with E-state index in [1.165, 1.54) is 0 Å². The molecule has 0 aliphatic heterocycles. The van der Waals surface area contributed by atoms with Gasteiger partial charge in [-0.25, -0.2) is 9.42 Å². The Balaban J connectivity index is 2.09. The zero-order chi connectivity index (χ0) is 13.1. The van der Waals surface area contributed by atoms with Crippen molar-refractivity contribution in [3.05, 3.63) is 39.5 Å². The van der Waals surface area contributed by atoms with Gasteiger partial charge in [0, 0.05) is 15.6 Å². The number of benzene rings is 1. The SMILES string of the molecule is Nc1nonc1C(=O)OCc1c(Cl)cccc1Cl. The van der Waals surface area contributed by atoms with Crippen molar-refractivity contribution >= 4 is 35.0 Å². The van der Waals surface area contributed by atoms with Gasteiger partial charge in [0.05, 0.1) is 0 Å². The van der Waals surface area contributed by atoms with Crippen LogP contribution in [0.1, 0.15) is 16.1 Å². The lowest BCUT2D eigenvalue weighted by Gasteiger charge is -2.06. The summed E-state index contributed by atoms with van der Waals surface area (Å²) in [5.41, 5.74) is 5.67. The smallest absolute Gasteiger partial charge is 0.364 e. The van der Waals surface area contributed by atoms with Crippen molar-refractivity contribution in [2.75, 3.05) is 5.73 Å². The van der Waals surface area contributed by atoms with Crippen molar-refractivity contribution in [1.29, 1.82) is 0 Å². The van der Waals surface area contributed by atoms with E-state index in [2.05, 4.69) is 14.9 Å². The van der Waals surface area contributed by atoms with E-state index in [0.717, 1.165) is 0 Å². The van der Waals surface area contributed by atoms with E-state index in [0.29, 0.717) is 15.6 Å². The van der Waals surface area contributed by atoms with Gasteiger partial charge in [0.25, 0.3) is 0 Å².